The number of benzene rings is 1. The minimum atomic E-state index is -0.564. The van der Waals surface area contributed by atoms with E-state index in [2.05, 4.69) is 15.1 Å². The maximum atomic E-state index is 13.8. The van der Waals surface area contributed by atoms with Gasteiger partial charge in [0.1, 0.15) is 17.3 Å². The van der Waals surface area contributed by atoms with Crippen LogP contribution in [0.25, 0.3) is 0 Å². The van der Waals surface area contributed by atoms with E-state index >= 15 is 0 Å². The maximum Gasteiger partial charge on any atom is 0.272 e. The molecule has 3 atom stereocenters. The fourth-order valence-electron chi connectivity index (χ4n) is 5.27. The monoisotopic (exact) mass is 358 g/mol. The number of amides is 1. The molecule has 2 bridgehead atoms. The number of hydrogen-bond acceptors (Lipinski definition) is 3. The van der Waals surface area contributed by atoms with E-state index in [1.54, 1.807) is 12.3 Å². The van der Waals surface area contributed by atoms with E-state index in [0.717, 1.165) is 32.0 Å². The topological polar surface area (TPSA) is 52.2 Å². The first-order valence-electron chi connectivity index (χ1n) is 9.12. The molecular formula is C19H20F2N4O. The van der Waals surface area contributed by atoms with Gasteiger partial charge in [-0.25, -0.2) is 8.78 Å². The predicted octanol–water partition coefficient (Wildman–Crippen LogP) is 2.39. The number of likely N-dealkylation sites (tertiary alicyclic amines) is 1. The SMILES string of the molecule is O=C(c1ccn[nH]1)N1CC(c2cc(F)cc(F)c2)C2C1C1CCN2CC1. The first kappa shape index (κ1) is 15.9. The molecule has 4 aliphatic rings. The maximum absolute atomic E-state index is 13.8. The molecule has 4 aliphatic heterocycles. The van der Waals surface area contributed by atoms with Gasteiger partial charge in [-0.3, -0.25) is 14.8 Å². The highest BCUT2D eigenvalue weighted by Gasteiger charge is 2.54. The second-order valence-electron chi connectivity index (χ2n) is 7.59. The highest BCUT2D eigenvalue weighted by molar-refractivity contribution is 5.92. The van der Waals surface area contributed by atoms with Gasteiger partial charge in [0.25, 0.3) is 5.91 Å². The first-order chi connectivity index (χ1) is 12.6. The lowest BCUT2D eigenvalue weighted by Crippen LogP contribution is -2.60. The van der Waals surface area contributed by atoms with Crippen LogP contribution in [0, 0.1) is 17.6 Å². The molecule has 1 aromatic heterocycles. The van der Waals surface area contributed by atoms with E-state index in [4.69, 9.17) is 0 Å². The Balaban J connectivity index is 1.55. The summed E-state index contributed by atoms with van der Waals surface area (Å²) in [6, 6.07) is 5.61. The number of piperidine rings is 3. The van der Waals surface area contributed by atoms with Crippen LogP contribution in [0.4, 0.5) is 8.78 Å². The number of nitrogens with one attached hydrogen (secondary N) is 1. The minimum absolute atomic E-state index is 0.0781. The van der Waals surface area contributed by atoms with Gasteiger partial charge >= 0.3 is 0 Å². The Labute approximate surface area is 150 Å². The second kappa shape index (κ2) is 5.87. The molecule has 1 aromatic carbocycles. The number of H-pyrrole nitrogens is 1. The van der Waals surface area contributed by atoms with Gasteiger partial charge < -0.3 is 4.90 Å². The summed E-state index contributed by atoms with van der Waals surface area (Å²) < 4.78 is 27.6. The number of hydrogen-bond donors (Lipinski definition) is 1. The summed E-state index contributed by atoms with van der Waals surface area (Å²) in [5.74, 6) is -0.845. The zero-order chi connectivity index (χ0) is 17.8. The van der Waals surface area contributed by atoms with Crippen molar-refractivity contribution in [1.82, 2.24) is 20.0 Å². The van der Waals surface area contributed by atoms with Gasteiger partial charge in [-0.15, -0.1) is 0 Å². The van der Waals surface area contributed by atoms with Crippen LogP contribution in [0.2, 0.25) is 0 Å². The molecule has 7 heteroatoms. The smallest absolute Gasteiger partial charge is 0.272 e. The highest BCUT2D eigenvalue weighted by atomic mass is 19.1. The molecule has 5 heterocycles. The third kappa shape index (κ3) is 2.37. The lowest BCUT2D eigenvalue weighted by molar-refractivity contribution is -0.00361. The molecule has 26 heavy (non-hydrogen) atoms. The van der Waals surface area contributed by atoms with Crippen LogP contribution in [0.15, 0.2) is 30.5 Å². The van der Waals surface area contributed by atoms with Crippen molar-refractivity contribution in [2.24, 2.45) is 5.92 Å². The van der Waals surface area contributed by atoms with Gasteiger partial charge in [0, 0.05) is 30.8 Å². The average molecular weight is 358 g/mol. The fourth-order valence-corrected chi connectivity index (χ4v) is 5.27. The van der Waals surface area contributed by atoms with Crippen LogP contribution in [0.5, 0.6) is 0 Å². The van der Waals surface area contributed by atoms with Gasteiger partial charge in [0.05, 0.1) is 6.04 Å². The minimum Gasteiger partial charge on any atom is -0.332 e. The molecule has 1 amide bonds. The summed E-state index contributed by atoms with van der Waals surface area (Å²) in [6.45, 7) is 2.46. The molecule has 136 valence electrons. The van der Waals surface area contributed by atoms with E-state index in [1.807, 2.05) is 4.90 Å². The van der Waals surface area contributed by atoms with Crippen molar-refractivity contribution < 1.29 is 13.6 Å². The molecule has 0 aliphatic carbocycles. The summed E-state index contributed by atoms with van der Waals surface area (Å²) in [5, 5.41) is 6.64. The Morgan fingerprint density at radius 2 is 1.85 bits per heavy atom. The number of aromatic amines is 1. The van der Waals surface area contributed by atoms with Crippen molar-refractivity contribution >= 4 is 5.91 Å². The lowest BCUT2D eigenvalue weighted by Gasteiger charge is -2.51. The Morgan fingerprint density at radius 1 is 1.12 bits per heavy atom. The fraction of sp³-hybridized carbons (Fsp3) is 0.474. The third-order valence-corrected chi connectivity index (χ3v) is 6.30. The molecule has 0 spiro atoms. The summed E-state index contributed by atoms with van der Waals surface area (Å²) in [5.41, 5.74) is 1.11. The summed E-state index contributed by atoms with van der Waals surface area (Å²) in [7, 11) is 0. The van der Waals surface area contributed by atoms with E-state index in [0.29, 0.717) is 23.7 Å². The van der Waals surface area contributed by atoms with Crippen LogP contribution in [0.3, 0.4) is 0 Å². The number of rotatable bonds is 2. The molecule has 0 saturated carbocycles. The molecule has 0 radical (unpaired) electrons. The van der Waals surface area contributed by atoms with Crippen molar-refractivity contribution in [3.05, 3.63) is 53.4 Å². The van der Waals surface area contributed by atoms with E-state index in [9.17, 15) is 13.6 Å². The molecule has 1 N–H and O–H groups in total. The zero-order valence-electron chi connectivity index (χ0n) is 14.2. The van der Waals surface area contributed by atoms with E-state index in [1.165, 1.54) is 12.1 Å². The molecule has 5 nitrogen and oxygen atoms in total. The molecule has 3 unspecified atom stereocenters. The first-order valence-corrected chi connectivity index (χ1v) is 9.12. The van der Waals surface area contributed by atoms with Crippen LogP contribution in [0.1, 0.15) is 34.8 Å². The van der Waals surface area contributed by atoms with Crippen LogP contribution < -0.4 is 0 Å². The Kier molecular flexibility index (Phi) is 3.60. The summed E-state index contributed by atoms with van der Waals surface area (Å²) in [6.07, 6.45) is 3.70. The van der Waals surface area contributed by atoms with E-state index < -0.39 is 11.6 Å². The number of carbonyl (C=O) groups is 1. The lowest BCUT2D eigenvalue weighted by atomic mass is 9.75. The molecule has 6 rings (SSSR count). The largest absolute Gasteiger partial charge is 0.332 e. The number of halogens is 2. The summed E-state index contributed by atoms with van der Waals surface area (Å²) >= 11 is 0. The van der Waals surface area contributed by atoms with Gasteiger partial charge in [-0.1, -0.05) is 0 Å². The number of aromatic nitrogens is 2. The van der Waals surface area contributed by atoms with Crippen molar-refractivity contribution in [2.45, 2.75) is 30.8 Å². The Hall–Kier alpha value is -2.28. The standard InChI is InChI=1S/C19H20F2N4O/c20-13-7-12(8-14(21)9-13)15-10-25(19(26)16-1-4-22-23-16)17-11-2-5-24(6-3-11)18(15)17/h1,4,7-9,11,15,17-18H,2-3,5-6,10H2,(H,22,23). The van der Waals surface area contributed by atoms with Gasteiger partial charge in [0.15, 0.2) is 0 Å². The quantitative estimate of drug-likeness (QED) is 0.897. The van der Waals surface area contributed by atoms with Crippen molar-refractivity contribution in [3.63, 3.8) is 0 Å². The number of carbonyl (C=O) groups excluding carboxylic acids is 1. The van der Waals surface area contributed by atoms with Crippen molar-refractivity contribution in [3.8, 4) is 0 Å². The predicted molar refractivity (Wildman–Crippen MR) is 90.6 cm³/mol. The Bertz CT molecular complexity index is 812. The molecule has 4 fully saturated rings. The van der Waals surface area contributed by atoms with E-state index in [-0.39, 0.29) is 23.9 Å². The van der Waals surface area contributed by atoms with Gasteiger partial charge in [0.2, 0.25) is 0 Å². The zero-order valence-corrected chi connectivity index (χ0v) is 14.2. The van der Waals surface area contributed by atoms with Gasteiger partial charge in [-0.2, -0.15) is 5.10 Å². The average Bonchev–Trinajstić information content (AvgIpc) is 3.30. The third-order valence-electron chi connectivity index (χ3n) is 6.30. The molecular weight excluding hydrogens is 338 g/mol. The normalized spacial score (nSPS) is 32.7. The number of fused-ring (bicyclic) bond motifs is 2. The van der Waals surface area contributed by atoms with Crippen LogP contribution in [-0.2, 0) is 0 Å². The summed E-state index contributed by atoms with van der Waals surface area (Å²) in [4.78, 5) is 17.3. The molecule has 4 saturated heterocycles. The van der Waals surface area contributed by atoms with Crippen LogP contribution >= 0.6 is 0 Å². The number of nitrogens with zero attached hydrogens (tertiary/aromatic N) is 3. The Morgan fingerprint density at radius 3 is 2.50 bits per heavy atom. The van der Waals surface area contributed by atoms with Gasteiger partial charge in [-0.05, 0) is 55.6 Å². The highest BCUT2D eigenvalue weighted by Crippen LogP contribution is 2.47. The molecule has 2 aromatic rings. The van der Waals surface area contributed by atoms with Crippen molar-refractivity contribution in [1.29, 1.82) is 0 Å². The second-order valence-corrected chi connectivity index (χ2v) is 7.59. The van der Waals surface area contributed by atoms with Crippen molar-refractivity contribution in [2.75, 3.05) is 19.6 Å². The van der Waals surface area contributed by atoms with Crippen LogP contribution in [-0.4, -0.2) is 57.6 Å².